The van der Waals surface area contributed by atoms with Gasteiger partial charge in [0.1, 0.15) is 5.75 Å². The summed E-state index contributed by atoms with van der Waals surface area (Å²) < 4.78 is 30.4. The summed E-state index contributed by atoms with van der Waals surface area (Å²) in [5.74, 6) is 0.363. The fourth-order valence-corrected chi connectivity index (χ4v) is 3.72. The van der Waals surface area contributed by atoms with Gasteiger partial charge in [-0.15, -0.1) is 0 Å². The molecule has 0 saturated carbocycles. The van der Waals surface area contributed by atoms with Crippen LogP contribution in [0.2, 0.25) is 5.02 Å². The maximum absolute atomic E-state index is 12.1. The number of benzene rings is 1. The van der Waals surface area contributed by atoms with Gasteiger partial charge >= 0.3 is 0 Å². The van der Waals surface area contributed by atoms with Crippen molar-refractivity contribution >= 4 is 43.5 Å². The van der Waals surface area contributed by atoms with E-state index >= 15 is 0 Å². The van der Waals surface area contributed by atoms with E-state index in [4.69, 9.17) is 16.3 Å². The Labute approximate surface area is 143 Å². The van der Waals surface area contributed by atoms with Gasteiger partial charge in [-0.2, -0.15) is 4.31 Å². The minimum absolute atomic E-state index is 0.0981. The number of amides is 1. The molecule has 0 N–H and O–H groups in total. The molecule has 122 valence electrons. The summed E-state index contributed by atoms with van der Waals surface area (Å²) in [5.41, 5.74) is 0. The number of hydrogen-bond donors (Lipinski definition) is 0. The van der Waals surface area contributed by atoms with Crippen LogP contribution in [0.5, 0.6) is 5.75 Å². The lowest BCUT2D eigenvalue weighted by Gasteiger charge is -2.33. The van der Waals surface area contributed by atoms with Crippen molar-refractivity contribution in [3.8, 4) is 5.75 Å². The lowest BCUT2D eigenvalue weighted by Crippen LogP contribution is -2.51. The van der Waals surface area contributed by atoms with E-state index in [-0.39, 0.29) is 12.5 Å². The number of carbonyl (C=O) groups excluding carboxylic acids is 1. The van der Waals surface area contributed by atoms with E-state index in [1.807, 2.05) is 0 Å². The zero-order valence-corrected chi connectivity index (χ0v) is 15.1. The Morgan fingerprint density at radius 3 is 2.50 bits per heavy atom. The number of nitrogens with zero attached hydrogens (tertiary/aromatic N) is 2. The number of piperazine rings is 1. The van der Waals surface area contributed by atoms with Crippen LogP contribution in [-0.4, -0.2) is 62.6 Å². The van der Waals surface area contributed by atoms with E-state index in [9.17, 15) is 13.2 Å². The standard InChI is InChI=1S/C13H16BrClN2O4S/c1-22(19,20)17-6-4-16(5-7-17)13(18)9-21-12-3-2-10(15)8-11(12)14/h2-3,8H,4-7,9H2,1H3. The van der Waals surface area contributed by atoms with Crippen molar-refractivity contribution in [3.63, 3.8) is 0 Å². The summed E-state index contributed by atoms with van der Waals surface area (Å²) in [6.07, 6.45) is 1.17. The zero-order valence-electron chi connectivity index (χ0n) is 12.0. The number of halogens is 2. The third kappa shape index (κ3) is 4.58. The Morgan fingerprint density at radius 2 is 1.95 bits per heavy atom. The van der Waals surface area contributed by atoms with E-state index in [0.29, 0.717) is 41.4 Å². The highest BCUT2D eigenvalue weighted by Crippen LogP contribution is 2.27. The molecule has 0 spiro atoms. The van der Waals surface area contributed by atoms with Crippen LogP contribution in [0, 0.1) is 0 Å². The molecular formula is C13H16BrClN2O4S. The van der Waals surface area contributed by atoms with Crippen molar-refractivity contribution in [3.05, 3.63) is 27.7 Å². The first-order valence-corrected chi connectivity index (χ1v) is 9.60. The Morgan fingerprint density at radius 1 is 1.32 bits per heavy atom. The molecule has 1 fully saturated rings. The molecule has 1 aliphatic rings. The summed E-state index contributed by atoms with van der Waals surface area (Å²) in [4.78, 5) is 13.7. The Kier molecular flexibility index (Phi) is 5.70. The fourth-order valence-electron chi connectivity index (χ4n) is 2.09. The Hall–Kier alpha value is -0.830. The van der Waals surface area contributed by atoms with E-state index in [2.05, 4.69) is 15.9 Å². The van der Waals surface area contributed by atoms with Crippen LogP contribution in [0.3, 0.4) is 0 Å². The topological polar surface area (TPSA) is 66.9 Å². The van der Waals surface area contributed by atoms with Crippen LogP contribution in [0.25, 0.3) is 0 Å². The van der Waals surface area contributed by atoms with Gasteiger partial charge in [0.05, 0.1) is 10.7 Å². The van der Waals surface area contributed by atoms with Gasteiger partial charge in [0, 0.05) is 31.2 Å². The fraction of sp³-hybridized carbons (Fsp3) is 0.462. The normalized spacial score (nSPS) is 16.6. The molecule has 0 aliphatic carbocycles. The molecule has 1 aliphatic heterocycles. The van der Waals surface area contributed by atoms with Crippen LogP contribution in [-0.2, 0) is 14.8 Å². The predicted molar refractivity (Wildman–Crippen MR) is 87.6 cm³/mol. The molecule has 0 radical (unpaired) electrons. The smallest absolute Gasteiger partial charge is 0.260 e. The summed E-state index contributed by atoms with van der Waals surface area (Å²) in [6.45, 7) is 1.28. The highest BCUT2D eigenvalue weighted by atomic mass is 79.9. The van der Waals surface area contributed by atoms with Crippen LogP contribution in [0.4, 0.5) is 0 Å². The first-order chi connectivity index (χ1) is 10.3. The average molecular weight is 412 g/mol. The maximum atomic E-state index is 12.1. The molecule has 0 unspecified atom stereocenters. The number of ether oxygens (including phenoxy) is 1. The van der Waals surface area contributed by atoms with Crippen molar-refractivity contribution in [1.82, 2.24) is 9.21 Å². The molecule has 1 saturated heterocycles. The summed E-state index contributed by atoms with van der Waals surface area (Å²) in [7, 11) is -3.19. The van der Waals surface area contributed by atoms with Gasteiger partial charge in [-0.05, 0) is 34.1 Å². The van der Waals surface area contributed by atoms with Crippen LogP contribution >= 0.6 is 27.5 Å². The average Bonchev–Trinajstić information content (AvgIpc) is 2.45. The van der Waals surface area contributed by atoms with Gasteiger partial charge in [-0.1, -0.05) is 11.6 Å². The minimum Gasteiger partial charge on any atom is -0.483 e. The van der Waals surface area contributed by atoms with Crippen LogP contribution in [0.1, 0.15) is 0 Å². The minimum atomic E-state index is -3.19. The zero-order chi connectivity index (χ0) is 16.3. The molecule has 0 bridgehead atoms. The van der Waals surface area contributed by atoms with Gasteiger partial charge in [0.25, 0.3) is 5.91 Å². The molecule has 1 heterocycles. The molecule has 6 nitrogen and oxygen atoms in total. The van der Waals surface area contributed by atoms with E-state index in [0.717, 1.165) is 0 Å². The highest BCUT2D eigenvalue weighted by Gasteiger charge is 2.26. The molecular weight excluding hydrogens is 396 g/mol. The number of rotatable bonds is 4. The molecule has 1 amide bonds. The second-order valence-corrected chi connectivity index (χ2v) is 8.18. The van der Waals surface area contributed by atoms with E-state index in [1.54, 1.807) is 23.1 Å². The van der Waals surface area contributed by atoms with Crippen LogP contribution in [0.15, 0.2) is 22.7 Å². The predicted octanol–water partition coefficient (Wildman–Crippen LogP) is 1.59. The second kappa shape index (κ2) is 7.16. The second-order valence-electron chi connectivity index (χ2n) is 4.91. The largest absolute Gasteiger partial charge is 0.483 e. The molecule has 22 heavy (non-hydrogen) atoms. The van der Waals surface area contributed by atoms with Gasteiger partial charge < -0.3 is 9.64 Å². The molecule has 0 aromatic heterocycles. The third-order valence-corrected chi connectivity index (χ3v) is 5.46. The summed E-state index contributed by atoms with van der Waals surface area (Å²) in [5, 5.41) is 0.572. The van der Waals surface area contributed by atoms with E-state index < -0.39 is 10.0 Å². The van der Waals surface area contributed by atoms with E-state index in [1.165, 1.54) is 10.6 Å². The third-order valence-electron chi connectivity index (χ3n) is 3.31. The quantitative estimate of drug-likeness (QED) is 0.754. The van der Waals surface area contributed by atoms with Crippen LogP contribution < -0.4 is 4.74 Å². The highest BCUT2D eigenvalue weighted by molar-refractivity contribution is 9.10. The number of carbonyl (C=O) groups is 1. The van der Waals surface area contributed by atoms with Crippen molar-refractivity contribution in [1.29, 1.82) is 0 Å². The molecule has 9 heteroatoms. The molecule has 0 atom stereocenters. The number of sulfonamides is 1. The first-order valence-electron chi connectivity index (χ1n) is 6.58. The SMILES string of the molecule is CS(=O)(=O)N1CCN(C(=O)COc2ccc(Cl)cc2Br)CC1. The van der Waals surface area contributed by atoms with Crippen molar-refractivity contribution in [2.75, 3.05) is 39.0 Å². The van der Waals surface area contributed by atoms with Crippen molar-refractivity contribution < 1.29 is 17.9 Å². The van der Waals surface area contributed by atoms with Crippen molar-refractivity contribution in [2.45, 2.75) is 0 Å². The Bertz CT molecular complexity index is 660. The molecule has 1 aromatic carbocycles. The van der Waals surface area contributed by atoms with Gasteiger partial charge in [0.15, 0.2) is 6.61 Å². The Balaban J connectivity index is 1.86. The number of hydrogen-bond acceptors (Lipinski definition) is 4. The lowest BCUT2D eigenvalue weighted by molar-refractivity contribution is -0.134. The monoisotopic (exact) mass is 410 g/mol. The molecule has 2 rings (SSSR count). The summed E-state index contributed by atoms with van der Waals surface area (Å²) in [6, 6.07) is 5.05. The first kappa shape index (κ1) is 17.5. The molecule has 1 aromatic rings. The van der Waals surface area contributed by atoms with Gasteiger partial charge in [-0.25, -0.2) is 8.42 Å². The van der Waals surface area contributed by atoms with Crippen molar-refractivity contribution in [2.24, 2.45) is 0 Å². The maximum Gasteiger partial charge on any atom is 0.260 e. The summed E-state index contributed by atoms with van der Waals surface area (Å²) >= 11 is 9.15. The van der Waals surface area contributed by atoms with Gasteiger partial charge in [0.2, 0.25) is 10.0 Å². The lowest BCUT2D eigenvalue weighted by atomic mass is 10.3. The van der Waals surface area contributed by atoms with Gasteiger partial charge in [-0.3, -0.25) is 4.79 Å².